The molecule has 0 radical (unpaired) electrons. The van der Waals surface area contributed by atoms with E-state index < -0.39 is 0 Å². The summed E-state index contributed by atoms with van der Waals surface area (Å²) >= 11 is 0. The molecule has 2 atom stereocenters. The first-order valence-electron chi connectivity index (χ1n) is 7.64. The van der Waals surface area contributed by atoms with E-state index in [9.17, 15) is 4.79 Å². The molecule has 2 aliphatic heterocycles. The molecule has 1 saturated carbocycles. The highest BCUT2D eigenvalue weighted by atomic mass is 16.2. The fourth-order valence-electron chi connectivity index (χ4n) is 3.32. The summed E-state index contributed by atoms with van der Waals surface area (Å²) in [6, 6.07) is 1.04. The fourth-order valence-corrected chi connectivity index (χ4v) is 3.32. The van der Waals surface area contributed by atoms with Gasteiger partial charge < -0.3 is 15.5 Å². The molecule has 0 bridgehead atoms. The molecular formula is C14H24N4O. The zero-order valence-electron chi connectivity index (χ0n) is 11.5. The Morgan fingerprint density at radius 1 is 1.26 bits per heavy atom. The maximum absolute atomic E-state index is 12.1. The summed E-state index contributed by atoms with van der Waals surface area (Å²) in [5, 5.41) is 6.79. The van der Waals surface area contributed by atoms with E-state index in [4.69, 9.17) is 4.99 Å². The third kappa shape index (κ3) is 3.08. The molecule has 0 aromatic heterocycles. The van der Waals surface area contributed by atoms with Crippen molar-refractivity contribution in [2.45, 2.75) is 50.6 Å². The van der Waals surface area contributed by atoms with Gasteiger partial charge in [0, 0.05) is 45.1 Å². The molecule has 19 heavy (non-hydrogen) atoms. The standard InChI is InChI=1S/C14H24N4O/c19-14(18-9-7-15-8-10-18)6-5-13-16-11-3-1-2-4-12(11)17-13/h11-12,15H,1-10H2,(H,16,17)/t11-,12+. The minimum Gasteiger partial charge on any atom is -0.369 e. The number of piperazine rings is 1. The molecule has 1 saturated heterocycles. The first kappa shape index (κ1) is 12.9. The maximum Gasteiger partial charge on any atom is 0.223 e. The number of amidine groups is 1. The van der Waals surface area contributed by atoms with Crippen LogP contribution < -0.4 is 10.6 Å². The highest BCUT2D eigenvalue weighted by Gasteiger charge is 2.30. The van der Waals surface area contributed by atoms with Crippen LogP contribution in [0, 0.1) is 0 Å². The highest BCUT2D eigenvalue weighted by Crippen LogP contribution is 2.25. The quantitative estimate of drug-likeness (QED) is 0.781. The van der Waals surface area contributed by atoms with Crippen LogP contribution in [0.15, 0.2) is 4.99 Å². The topological polar surface area (TPSA) is 56.7 Å². The Labute approximate surface area is 114 Å². The lowest BCUT2D eigenvalue weighted by Gasteiger charge is -2.27. The molecular weight excluding hydrogens is 240 g/mol. The average molecular weight is 264 g/mol. The van der Waals surface area contributed by atoms with Gasteiger partial charge in [-0.25, -0.2) is 0 Å². The molecule has 0 spiro atoms. The fraction of sp³-hybridized carbons (Fsp3) is 0.857. The van der Waals surface area contributed by atoms with Gasteiger partial charge in [-0.15, -0.1) is 0 Å². The number of fused-ring (bicyclic) bond motifs is 1. The van der Waals surface area contributed by atoms with Gasteiger partial charge in [-0.1, -0.05) is 12.8 Å². The first-order valence-corrected chi connectivity index (χ1v) is 7.64. The van der Waals surface area contributed by atoms with Crippen LogP contribution in [0.4, 0.5) is 0 Å². The van der Waals surface area contributed by atoms with E-state index in [2.05, 4.69) is 10.6 Å². The summed E-state index contributed by atoms with van der Waals surface area (Å²) in [5.74, 6) is 1.35. The lowest BCUT2D eigenvalue weighted by atomic mass is 9.92. The van der Waals surface area contributed by atoms with Crippen molar-refractivity contribution in [1.29, 1.82) is 0 Å². The molecule has 1 amide bonds. The number of hydrogen-bond acceptors (Lipinski definition) is 4. The van der Waals surface area contributed by atoms with Crippen LogP contribution in [0.1, 0.15) is 38.5 Å². The van der Waals surface area contributed by atoms with Crippen LogP contribution in [-0.4, -0.2) is 54.9 Å². The van der Waals surface area contributed by atoms with E-state index in [1.165, 1.54) is 25.7 Å². The summed E-state index contributed by atoms with van der Waals surface area (Å²) in [5.41, 5.74) is 0. The van der Waals surface area contributed by atoms with Gasteiger partial charge in [0.15, 0.2) is 0 Å². The van der Waals surface area contributed by atoms with E-state index >= 15 is 0 Å². The Balaban J connectivity index is 1.45. The molecule has 2 heterocycles. The van der Waals surface area contributed by atoms with Crippen molar-refractivity contribution in [1.82, 2.24) is 15.5 Å². The van der Waals surface area contributed by atoms with Gasteiger partial charge in [0.25, 0.3) is 0 Å². The summed E-state index contributed by atoms with van der Waals surface area (Å²) in [6.07, 6.45) is 6.47. The van der Waals surface area contributed by atoms with Crippen molar-refractivity contribution in [3.8, 4) is 0 Å². The largest absolute Gasteiger partial charge is 0.369 e. The molecule has 106 valence electrons. The van der Waals surface area contributed by atoms with Crippen LogP contribution in [-0.2, 0) is 4.79 Å². The number of aliphatic imine (C=N–C) groups is 1. The Bertz CT molecular complexity index is 362. The lowest BCUT2D eigenvalue weighted by molar-refractivity contribution is -0.131. The summed E-state index contributed by atoms with van der Waals surface area (Å²) in [7, 11) is 0. The molecule has 3 rings (SSSR count). The minimum absolute atomic E-state index is 0.279. The minimum atomic E-state index is 0.279. The third-order valence-electron chi connectivity index (χ3n) is 4.45. The van der Waals surface area contributed by atoms with Gasteiger partial charge in [0.1, 0.15) is 0 Å². The van der Waals surface area contributed by atoms with Crippen molar-refractivity contribution in [3.05, 3.63) is 0 Å². The van der Waals surface area contributed by atoms with Crippen molar-refractivity contribution >= 4 is 11.7 Å². The van der Waals surface area contributed by atoms with Gasteiger partial charge in [-0.05, 0) is 12.8 Å². The molecule has 3 aliphatic rings. The van der Waals surface area contributed by atoms with Crippen molar-refractivity contribution in [3.63, 3.8) is 0 Å². The highest BCUT2D eigenvalue weighted by molar-refractivity contribution is 5.88. The van der Waals surface area contributed by atoms with Crippen LogP contribution >= 0.6 is 0 Å². The maximum atomic E-state index is 12.1. The molecule has 0 aromatic carbocycles. The summed E-state index contributed by atoms with van der Waals surface area (Å²) in [6.45, 7) is 3.55. The van der Waals surface area contributed by atoms with Crippen molar-refractivity contribution in [2.75, 3.05) is 26.2 Å². The normalized spacial score (nSPS) is 30.5. The zero-order valence-corrected chi connectivity index (χ0v) is 11.5. The first-order chi connectivity index (χ1) is 9.33. The van der Waals surface area contributed by atoms with E-state index in [1.807, 2.05) is 4.90 Å². The Morgan fingerprint density at radius 2 is 2.05 bits per heavy atom. The van der Waals surface area contributed by atoms with Crippen LogP contribution in [0.5, 0.6) is 0 Å². The van der Waals surface area contributed by atoms with Crippen LogP contribution in [0.25, 0.3) is 0 Å². The Morgan fingerprint density at radius 3 is 2.84 bits per heavy atom. The predicted octanol–water partition coefficient (Wildman–Crippen LogP) is 0.511. The number of carbonyl (C=O) groups excluding carboxylic acids is 1. The van der Waals surface area contributed by atoms with Gasteiger partial charge >= 0.3 is 0 Å². The molecule has 0 aromatic rings. The van der Waals surface area contributed by atoms with Crippen LogP contribution in [0.2, 0.25) is 0 Å². The number of carbonyl (C=O) groups is 1. The predicted molar refractivity (Wildman–Crippen MR) is 75.3 cm³/mol. The second kappa shape index (κ2) is 5.90. The number of amides is 1. The van der Waals surface area contributed by atoms with Crippen molar-refractivity contribution in [2.24, 2.45) is 4.99 Å². The molecule has 1 aliphatic carbocycles. The lowest BCUT2D eigenvalue weighted by Crippen LogP contribution is -2.46. The van der Waals surface area contributed by atoms with E-state index in [1.54, 1.807) is 0 Å². The summed E-state index contributed by atoms with van der Waals surface area (Å²) < 4.78 is 0. The second-order valence-electron chi connectivity index (χ2n) is 5.81. The van der Waals surface area contributed by atoms with Crippen molar-refractivity contribution < 1.29 is 4.79 Å². The molecule has 5 heteroatoms. The van der Waals surface area contributed by atoms with Gasteiger partial charge in [-0.2, -0.15) is 0 Å². The van der Waals surface area contributed by atoms with Gasteiger partial charge in [0.05, 0.1) is 11.9 Å². The molecule has 5 nitrogen and oxygen atoms in total. The van der Waals surface area contributed by atoms with Crippen LogP contribution in [0.3, 0.4) is 0 Å². The van der Waals surface area contributed by atoms with E-state index in [0.717, 1.165) is 38.4 Å². The molecule has 2 N–H and O–H groups in total. The van der Waals surface area contributed by atoms with Gasteiger partial charge in [0.2, 0.25) is 5.91 Å². The molecule has 2 fully saturated rings. The SMILES string of the molecule is O=C(CCC1=N[C@@H]2CCCC[C@@H]2N1)N1CCNCC1. The van der Waals surface area contributed by atoms with E-state index in [0.29, 0.717) is 18.5 Å². The van der Waals surface area contributed by atoms with E-state index in [-0.39, 0.29) is 5.91 Å². The zero-order chi connectivity index (χ0) is 13.1. The number of rotatable bonds is 3. The summed E-state index contributed by atoms with van der Waals surface area (Å²) in [4.78, 5) is 18.8. The number of hydrogen-bond donors (Lipinski definition) is 2. The number of nitrogens with zero attached hydrogens (tertiary/aromatic N) is 2. The second-order valence-corrected chi connectivity index (χ2v) is 5.81. The average Bonchev–Trinajstić information content (AvgIpc) is 2.88. The third-order valence-corrected chi connectivity index (χ3v) is 4.45. The Kier molecular flexibility index (Phi) is 4.01. The number of nitrogens with one attached hydrogen (secondary N) is 2. The smallest absolute Gasteiger partial charge is 0.223 e. The monoisotopic (exact) mass is 264 g/mol. The van der Waals surface area contributed by atoms with Gasteiger partial charge in [-0.3, -0.25) is 9.79 Å². The Hall–Kier alpha value is -1.10. The molecule has 0 unspecified atom stereocenters.